The molecule has 0 aromatic carbocycles. The quantitative estimate of drug-likeness (QED) is 0.854. The van der Waals surface area contributed by atoms with Crippen molar-refractivity contribution < 1.29 is 5.11 Å². The Hall–Kier alpha value is -0.830. The molecule has 0 bridgehead atoms. The van der Waals surface area contributed by atoms with Crippen LogP contribution in [0.4, 0.5) is 0 Å². The molecule has 1 aliphatic carbocycles. The highest BCUT2D eigenvalue weighted by Crippen LogP contribution is 2.36. The summed E-state index contributed by atoms with van der Waals surface area (Å²) in [6, 6.07) is 0. The van der Waals surface area contributed by atoms with E-state index in [1.165, 1.54) is 12.8 Å². The van der Waals surface area contributed by atoms with E-state index in [2.05, 4.69) is 18.9 Å². The lowest BCUT2D eigenvalue weighted by molar-refractivity contribution is 0.0755. The maximum absolute atomic E-state index is 10.3. The van der Waals surface area contributed by atoms with Gasteiger partial charge in [-0.05, 0) is 31.6 Å². The van der Waals surface area contributed by atoms with Gasteiger partial charge in [-0.2, -0.15) is 5.10 Å². The molecule has 16 heavy (non-hydrogen) atoms. The van der Waals surface area contributed by atoms with Crippen molar-refractivity contribution in [1.29, 1.82) is 0 Å². The summed E-state index contributed by atoms with van der Waals surface area (Å²) in [7, 11) is 0. The van der Waals surface area contributed by atoms with Crippen molar-refractivity contribution in [3.8, 4) is 0 Å². The molecule has 0 amide bonds. The first-order chi connectivity index (χ1) is 7.70. The molecule has 1 heterocycles. The molecular weight excluding hydrogens is 200 g/mol. The second-order valence-corrected chi connectivity index (χ2v) is 5.09. The summed E-state index contributed by atoms with van der Waals surface area (Å²) in [4.78, 5) is 0. The fraction of sp³-hybridized carbons (Fsp3) is 0.769. The molecule has 0 aliphatic heterocycles. The number of nitrogens with zero attached hydrogens (tertiary/aromatic N) is 2. The van der Waals surface area contributed by atoms with Crippen LogP contribution in [0.25, 0.3) is 0 Å². The van der Waals surface area contributed by atoms with Crippen LogP contribution in [0.3, 0.4) is 0 Å². The van der Waals surface area contributed by atoms with Crippen LogP contribution in [0.1, 0.15) is 51.2 Å². The Bertz CT molecular complexity index is 326. The molecule has 1 aromatic heterocycles. The highest BCUT2D eigenvalue weighted by molar-refractivity contribution is 5.09. The molecule has 0 spiro atoms. The standard InChI is InChI=1S/C13H22N2O/c1-3-15-9-12(8-14-15)13(16)11-6-4-10(2)5-7-11/h8-11,13,16H,3-7H2,1-2H3. The Morgan fingerprint density at radius 3 is 2.69 bits per heavy atom. The summed E-state index contributed by atoms with van der Waals surface area (Å²) >= 11 is 0. The topological polar surface area (TPSA) is 38.0 Å². The monoisotopic (exact) mass is 222 g/mol. The third-order valence-corrected chi connectivity index (χ3v) is 3.83. The smallest absolute Gasteiger partial charge is 0.0848 e. The number of aliphatic hydroxyl groups excluding tert-OH is 1. The van der Waals surface area contributed by atoms with Gasteiger partial charge >= 0.3 is 0 Å². The largest absolute Gasteiger partial charge is 0.388 e. The van der Waals surface area contributed by atoms with Gasteiger partial charge in [0.25, 0.3) is 0 Å². The predicted molar refractivity (Wildman–Crippen MR) is 64.0 cm³/mol. The fourth-order valence-corrected chi connectivity index (χ4v) is 2.58. The SMILES string of the molecule is CCn1cc(C(O)C2CCC(C)CC2)cn1. The van der Waals surface area contributed by atoms with Crippen LogP contribution in [-0.4, -0.2) is 14.9 Å². The molecule has 90 valence electrons. The van der Waals surface area contributed by atoms with Crippen LogP contribution in [-0.2, 0) is 6.54 Å². The van der Waals surface area contributed by atoms with Crippen molar-refractivity contribution >= 4 is 0 Å². The number of hydrogen-bond acceptors (Lipinski definition) is 2. The highest BCUT2D eigenvalue weighted by Gasteiger charge is 2.26. The number of aromatic nitrogens is 2. The molecule has 1 unspecified atom stereocenters. The molecule has 3 heteroatoms. The molecule has 1 fully saturated rings. The van der Waals surface area contributed by atoms with Gasteiger partial charge in [-0.25, -0.2) is 0 Å². The normalized spacial score (nSPS) is 27.9. The molecule has 0 radical (unpaired) electrons. The van der Waals surface area contributed by atoms with Crippen LogP contribution in [0.5, 0.6) is 0 Å². The minimum atomic E-state index is -0.312. The Kier molecular flexibility index (Phi) is 3.64. The predicted octanol–water partition coefficient (Wildman–Crippen LogP) is 2.76. The third-order valence-electron chi connectivity index (χ3n) is 3.83. The summed E-state index contributed by atoms with van der Waals surface area (Å²) in [5.41, 5.74) is 0.987. The van der Waals surface area contributed by atoms with E-state index in [9.17, 15) is 5.11 Å². The van der Waals surface area contributed by atoms with Crippen molar-refractivity contribution in [2.75, 3.05) is 0 Å². The summed E-state index contributed by atoms with van der Waals surface area (Å²) < 4.78 is 1.88. The molecule has 2 rings (SSSR count). The van der Waals surface area contributed by atoms with Crippen LogP contribution in [0.15, 0.2) is 12.4 Å². The summed E-state index contributed by atoms with van der Waals surface area (Å²) in [5, 5.41) is 14.5. The van der Waals surface area contributed by atoms with Gasteiger partial charge in [-0.3, -0.25) is 4.68 Å². The van der Waals surface area contributed by atoms with Crippen molar-refractivity contribution in [3.63, 3.8) is 0 Å². The maximum atomic E-state index is 10.3. The van der Waals surface area contributed by atoms with E-state index < -0.39 is 0 Å². The number of aryl methyl sites for hydroxylation is 1. The Morgan fingerprint density at radius 1 is 1.44 bits per heavy atom. The molecule has 1 saturated carbocycles. The second kappa shape index (κ2) is 5.00. The molecule has 1 N–H and O–H groups in total. The zero-order valence-electron chi connectivity index (χ0n) is 10.3. The molecule has 3 nitrogen and oxygen atoms in total. The second-order valence-electron chi connectivity index (χ2n) is 5.09. The molecule has 0 saturated heterocycles. The van der Waals surface area contributed by atoms with Crippen molar-refractivity contribution in [1.82, 2.24) is 9.78 Å². The van der Waals surface area contributed by atoms with E-state index in [1.54, 1.807) is 0 Å². The zero-order valence-corrected chi connectivity index (χ0v) is 10.3. The van der Waals surface area contributed by atoms with Gasteiger partial charge in [0.15, 0.2) is 0 Å². The average Bonchev–Trinajstić information content (AvgIpc) is 2.77. The van der Waals surface area contributed by atoms with Gasteiger partial charge in [0.2, 0.25) is 0 Å². The average molecular weight is 222 g/mol. The fourth-order valence-electron chi connectivity index (χ4n) is 2.58. The summed E-state index contributed by atoms with van der Waals surface area (Å²) in [6.45, 7) is 5.23. The van der Waals surface area contributed by atoms with Crippen molar-refractivity contribution in [3.05, 3.63) is 18.0 Å². The van der Waals surface area contributed by atoms with E-state index in [1.807, 2.05) is 17.1 Å². The van der Waals surface area contributed by atoms with E-state index in [0.29, 0.717) is 5.92 Å². The highest BCUT2D eigenvalue weighted by atomic mass is 16.3. The van der Waals surface area contributed by atoms with Gasteiger partial charge in [-0.1, -0.05) is 19.8 Å². The number of aliphatic hydroxyl groups is 1. The first kappa shape index (κ1) is 11.6. The summed E-state index contributed by atoms with van der Waals surface area (Å²) in [5.74, 6) is 1.27. The lowest BCUT2D eigenvalue weighted by Crippen LogP contribution is -2.19. The Balaban J connectivity index is 1.98. The molecule has 1 aliphatic rings. The van der Waals surface area contributed by atoms with Gasteiger partial charge in [0.05, 0.1) is 12.3 Å². The van der Waals surface area contributed by atoms with Crippen molar-refractivity contribution in [2.45, 2.75) is 52.2 Å². The Morgan fingerprint density at radius 2 is 2.12 bits per heavy atom. The first-order valence-corrected chi connectivity index (χ1v) is 6.41. The van der Waals surface area contributed by atoms with Crippen LogP contribution >= 0.6 is 0 Å². The maximum Gasteiger partial charge on any atom is 0.0848 e. The third kappa shape index (κ3) is 2.46. The van der Waals surface area contributed by atoms with Crippen LogP contribution in [0, 0.1) is 11.8 Å². The number of hydrogen-bond donors (Lipinski definition) is 1. The van der Waals surface area contributed by atoms with Gasteiger partial charge in [0, 0.05) is 18.3 Å². The lowest BCUT2D eigenvalue weighted by Gasteiger charge is -2.29. The minimum absolute atomic E-state index is 0.312. The molecule has 1 aromatic rings. The molecule has 1 atom stereocenters. The minimum Gasteiger partial charge on any atom is -0.388 e. The lowest BCUT2D eigenvalue weighted by atomic mass is 9.79. The van der Waals surface area contributed by atoms with E-state index in [0.717, 1.165) is 30.9 Å². The van der Waals surface area contributed by atoms with E-state index in [4.69, 9.17) is 0 Å². The van der Waals surface area contributed by atoms with E-state index in [-0.39, 0.29) is 6.10 Å². The van der Waals surface area contributed by atoms with Gasteiger partial charge < -0.3 is 5.11 Å². The summed E-state index contributed by atoms with van der Waals surface area (Å²) in [6.07, 6.45) is 8.29. The zero-order chi connectivity index (χ0) is 11.5. The van der Waals surface area contributed by atoms with Gasteiger partial charge in [0.1, 0.15) is 0 Å². The van der Waals surface area contributed by atoms with Crippen LogP contribution < -0.4 is 0 Å². The molecular formula is C13H22N2O. The Labute approximate surface area is 97.5 Å². The van der Waals surface area contributed by atoms with Gasteiger partial charge in [-0.15, -0.1) is 0 Å². The van der Waals surface area contributed by atoms with E-state index >= 15 is 0 Å². The van der Waals surface area contributed by atoms with Crippen LogP contribution in [0.2, 0.25) is 0 Å². The first-order valence-electron chi connectivity index (χ1n) is 6.41. The number of rotatable bonds is 3. The van der Waals surface area contributed by atoms with Crippen molar-refractivity contribution in [2.24, 2.45) is 11.8 Å².